The van der Waals surface area contributed by atoms with Crippen LogP contribution in [-0.2, 0) is 18.3 Å². The number of hydrogen-bond donors (Lipinski definition) is 1. The van der Waals surface area contributed by atoms with Gasteiger partial charge in [-0.2, -0.15) is 18.3 Å². The van der Waals surface area contributed by atoms with Crippen molar-refractivity contribution in [3.05, 3.63) is 50.6 Å². The molecule has 0 amide bonds. The average Bonchev–Trinajstić information content (AvgIpc) is 3.01. The molecule has 0 bridgehead atoms. The van der Waals surface area contributed by atoms with E-state index in [0.717, 1.165) is 15.6 Å². The number of aliphatic hydroxyl groups is 1. The first kappa shape index (κ1) is 17.6. The molecule has 0 saturated carbocycles. The normalized spacial score (nSPS) is 12.9. The van der Waals surface area contributed by atoms with E-state index in [1.807, 2.05) is 0 Å². The van der Waals surface area contributed by atoms with Gasteiger partial charge in [0.2, 0.25) is 0 Å². The molecule has 10 heteroatoms. The lowest BCUT2D eigenvalue weighted by molar-refractivity contribution is -0.141. The Labute approximate surface area is 144 Å². The summed E-state index contributed by atoms with van der Waals surface area (Å²) in [6.45, 7) is 4.86. The number of hydrogen-bond acceptors (Lipinski definition) is 5. The number of alkyl halides is 3. The highest BCUT2D eigenvalue weighted by Gasteiger charge is 2.33. The average molecular weight is 372 g/mol. The number of aromatic nitrogens is 4. The smallest absolute Gasteiger partial charge is 0.384 e. The van der Waals surface area contributed by atoms with E-state index in [0.29, 0.717) is 16.3 Å². The van der Waals surface area contributed by atoms with E-state index < -0.39 is 23.0 Å². The molecule has 0 aliphatic heterocycles. The molecular weight excluding hydrogens is 357 g/mol. The lowest BCUT2D eigenvalue weighted by atomic mass is 10.0. The molecule has 3 aromatic heterocycles. The third-order valence-electron chi connectivity index (χ3n) is 3.58. The van der Waals surface area contributed by atoms with Gasteiger partial charge in [-0.3, -0.25) is 13.9 Å². The Kier molecular flexibility index (Phi) is 3.99. The fraction of sp³-hybridized carbons (Fsp3) is 0.400. The maximum absolute atomic E-state index is 12.6. The van der Waals surface area contributed by atoms with E-state index in [1.54, 1.807) is 20.8 Å². The van der Waals surface area contributed by atoms with Crippen LogP contribution in [0, 0.1) is 6.92 Å². The molecule has 134 valence electrons. The van der Waals surface area contributed by atoms with Crippen LogP contribution < -0.4 is 5.56 Å². The van der Waals surface area contributed by atoms with Crippen molar-refractivity contribution in [2.45, 2.75) is 39.1 Å². The molecule has 0 aliphatic carbocycles. The zero-order valence-corrected chi connectivity index (χ0v) is 14.4. The SMILES string of the molecule is Cc1sc2nc(Cn3ccc(C(F)(F)F)n3)cc(=O)n2c1C(C)(C)O. The molecule has 1 N–H and O–H groups in total. The summed E-state index contributed by atoms with van der Waals surface area (Å²) in [5.74, 6) is 0. The molecule has 25 heavy (non-hydrogen) atoms. The van der Waals surface area contributed by atoms with Crippen molar-refractivity contribution < 1.29 is 18.3 Å². The van der Waals surface area contributed by atoms with Crippen LogP contribution in [0.5, 0.6) is 0 Å². The summed E-state index contributed by atoms with van der Waals surface area (Å²) >= 11 is 1.24. The predicted molar refractivity (Wildman–Crippen MR) is 85.7 cm³/mol. The Bertz CT molecular complexity index is 995. The third-order valence-corrected chi connectivity index (χ3v) is 4.53. The van der Waals surface area contributed by atoms with Crippen LogP contribution in [0.25, 0.3) is 4.96 Å². The maximum atomic E-state index is 12.6. The minimum Gasteiger partial charge on any atom is -0.384 e. The molecule has 0 aromatic carbocycles. The first-order chi connectivity index (χ1) is 11.5. The van der Waals surface area contributed by atoms with Crippen LogP contribution in [0.4, 0.5) is 13.2 Å². The molecule has 3 aromatic rings. The Balaban J connectivity index is 2.02. The summed E-state index contributed by atoms with van der Waals surface area (Å²) in [6, 6.07) is 2.11. The van der Waals surface area contributed by atoms with Crippen molar-refractivity contribution in [1.29, 1.82) is 0 Å². The van der Waals surface area contributed by atoms with E-state index in [2.05, 4.69) is 10.1 Å². The van der Waals surface area contributed by atoms with Gasteiger partial charge >= 0.3 is 6.18 Å². The molecule has 0 atom stereocenters. The van der Waals surface area contributed by atoms with Crippen LogP contribution in [0.2, 0.25) is 0 Å². The van der Waals surface area contributed by atoms with Crippen molar-refractivity contribution in [2.75, 3.05) is 0 Å². The van der Waals surface area contributed by atoms with Crippen LogP contribution in [0.15, 0.2) is 23.1 Å². The van der Waals surface area contributed by atoms with Gasteiger partial charge in [0.1, 0.15) is 5.60 Å². The number of halogens is 3. The number of rotatable bonds is 3. The van der Waals surface area contributed by atoms with Crippen LogP contribution in [0.3, 0.4) is 0 Å². The van der Waals surface area contributed by atoms with E-state index in [9.17, 15) is 23.1 Å². The summed E-state index contributed by atoms with van der Waals surface area (Å²) in [7, 11) is 0. The quantitative estimate of drug-likeness (QED) is 0.767. The maximum Gasteiger partial charge on any atom is 0.435 e. The zero-order chi connectivity index (χ0) is 18.6. The Morgan fingerprint density at radius 1 is 1.32 bits per heavy atom. The lowest BCUT2D eigenvalue weighted by Gasteiger charge is -2.17. The van der Waals surface area contributed by atoms with E-state index in [-0.39, 0.29) is 6.54 Å². The Hall–Kier alpha value is -2.20. The fourth-order valence-electron chi connectivity index (χ4n) is 2.68. The summed E-state index contributed by atoms with van der Waals surface area (Å²) in [4.78, 5) is 17.9. The highest BCUT2D eigenvalue weighted by molar-refractivity contribution is 7.17. The van der Waals surface area contributed by atoms with Gasteiger partial charge in [-0.15, -0.1) is 11.3 Å². The second-order valence-electron chi connectivity index (χ2n) is 6.17. The molecule has 3 rings (SSSR count). The molecular formula is C15H15F3N4O2S. The van der Waals surface area contributed by atoms with Gasteiger partial charge < -0.3 is 5.11 Å². The number of thiazole rings is 1. The number of nitrogens with zero attached hydrogens (tertiary/aromatic N) is 4. The minimum atomic E-state index is -4.52. The summed E-state index contributed by atoms with van der Waals surface area (Å²) in [6.07, 6.45) is -3.33. The molecule has 0 saturated heterocycles. The molecule has 0 unspecified atom stereocenters. The molecule has 3 heterocycles. The molecule has 0 fully saturated rings. The van der Waals surface area contributed by atoms with Gasteiger partial charge in [-0.1, -0.05) is 0 Å². The van der Waals surface area contributed by atoms with Crippen LogP contribution in [-0.4, -0.2) is 24.3 Å². The third kappa shape index (κ3) is 3.31. The lowest BCUT2D eigenvalue weighted by Crippen LogP contribution is -2.26. The second kappa shape index (κ2) is 5.67. The number of aryl methyl sites for hydroxylation is 1. The second-order valence-corrected chi connectivity index (χ2v) is 7.35. The van der Waals surface area contributed by atoms with Crippen molar-refractivity contribution in [3.63, 3.8) is 0 Å². The van der Waals surface area contributed by atoms with Gasteiger partial charge in [0.05, 0.1) is 17.9 Å². The summed E-state index contributed by atoms with van der Waals surface area (Å²) in [5, 5.41) is 13.7. The van der Waals surface area contributed by atoms with Crippen LogP contribution >= 0.6 is 11.3 Å². The topological polar surface area (TPSA) is 72.4 Å². The monoisotopic (exact) mass is 372 g/mol. The van der Waals surface area contributed by atoms with E-state index >= 15 is 0 Å². The van der Waals surface area contributed by atoms with Gasteiger partial charge in [0.15, 0.2) is 10.7 Å². The predicted octanol–water partition coefficient (Wildman–Crippen LogP) is 2.56. The van der Waals surface area contributed by atoms with Gasteiger partial charge in [0, 0.05) is 17.1 Å². The first-order valence-corrected chi connectivity index (χ1v) is 8.14. The number of fused-ring (bicyclic) bond motifs is 1. The van der Waals surface area contributed by atoms with Crippen molar-refractivity contribution in [1.82, 2.24) is 19.2 Å². The molecule has 6 nitrogen and oxygen atoms in total. The molecule has 0 aliphatic rings. The van der Waals surface area contributed by atoms with Gasteiger partial charge in [-0.25, -0.2) is 4.98 Å². The van der Waals surface area contributed by atoms with Crippen molar-refractivity contribution >= 4 is 16.3 Å². The Morgan fingerprint density at radius 3 is 2.56 bits per heavy atom. The van der Waals surface area contributed by atoms with Crippen LogP contribution in [0.1, 0.15) is 35.8 Å². The largest absolute Gasteiger partial charge is 0.435 e. The standard InChI is InChI=1S/C15H15F3N4O2S/c1-8-12(14(2,3)24)22-11(23)6-9(19-13(22)25-8)7-21-5-4-10(20-21)15(16,17)18/h4-6,24H,7H2,1-3H3. The van der Waals surface area contributed by atoms with Crippen molar-refractivity contribution in [3.8, 4) is 0 Å². The summed E-state index contributed by atoms with van der Waals surface area (Å²) < 4.78 is 40.2. The van der Waals surface area contributed by atoms with Crippen molar-refractivity contribution in [2.24, 2.45) is 0 Å². The van der Waals surface area contributed by atoms with Gasteiger partial charge in [-0.05, 0) is 26.8 Å². The highest BCUT2D eigenvalue weighted by atomic mass is 32.1. The zero-order valence-electron chi connectivity index (χ0n) is 13.6. The Morgan fingerprint density at radius 2 is 2.00 bits per heavy atom. The van der Waals surface area contributed by atoms with E-state index in [1.165, 1.54) is 28.0 Å². The first-order valence-electron chi connectivity index (χ1n) is 7.32. The molecule has 0 spiro atoms. The molecule has 0 radical (unpaired) electrons. The summed E-state index contributed by atoms with van der Waals surface area (Å²) in [5.41, 5.74) is -1.87. The fourth-order valence-corrected chi connectivity index (χ4v) is 3.82. The van der Waals surface area contributed by atoms with Gasteiger partial charge in [0.25, 0.3) is 5.56 Å². The van der Waals surface area contributed by atoms with E-state index in [4.69, 9.17) is 0 Å². The highest BCUT2D eigenvalue weighted by Crippen LogP contribution is 2.29. The minimum absolute atomic E-state index is 0.0589.